The third-order valence-corrected chi connectivity index (χ3v) is 3.03. The number of hydrogen-bond acceptors (Lipinski definition) is 3. The number of nitrogens with zero attached hydrogens (tertiary/aromatic N) is 1. The maximum absolute atomic E-state index is 13.4. The molecule has 21 heavy (non-hydrogen) atoms. The monoisotopic (exact) mass is 288 g/mol. The molecule has 1 aromatic heterocycles. The maximum atomic E-state index is 13.4. The van der Waals surface area contributed by atoms with Crippen LogP contribution in [0.15, 0.2) is 42.7 Å². The smallest absolute Gasteiger partial charge is 0.124 e. The predicted octanol–water partition coefficient (Wildman–Crippen LogP) is 3.55. The summed E-state index contributed by atoms with van der Waals surface area (Å²) in [7, 11) is 0. The number of nitrogens with one attached hydrogen (secondary N) is 1. The van der Waals surface area contributed by atoms with Gasteiger partial charge in [-0.2, -0.15) is 0 Å². The summed E-state index contributed by atoms with van der Waals surface area (Å²) >= 11 is 0. The highest BCUT2D eigenvalue weighted by atomic mass is 19.1. The van der Waals surface area contributed by atoms with E-state index in [0.29, 0.717) is 24.8 Å². The summed E-state index contributed by atoms with van der Waals surface area (Å²) in [4.78, 5) is 3.97. The summed E-state index contributed by atoms with van der Waals surface area (Å²) in [6.45, 7) is 6.21. The molecule has 0 aliphatic rings. The number of ether oxygens (including phenoxy) is 1. The minimum atomic E-state index is -0.243. The second-order valence-corrected chi connectivity index (χ2v) is 5.42. The van der Waals surface area contributed by atoms with E-state index in [9.17, 15) is 4.39 Å². The molecule has 2 aromatic rings. The Balaban J connectivity index is 2.00. The molecule has 0 aliphatic heterocycles. The molecule has 1 heterocycles. The van der Waals surface area contributed by atoms with Gasteiger partial charge in [0.15, 0.2) is 0 Å². The second kappa shape index (κ2) is 7.74. The molecule has 0 amide bonds. The molecular formula is C17H21FN2O. The first-order chi connectivity index (χ1) is 10.1. The number of pyridine rings is 1. The molecule has 0 saturated heterocycles. The van der Waals surface area contributed by atoms with Gasteiger partial charge in [-0.3, -0.25) is 4.98 Å². The van der Waals surface area contributed by atoms with Crippen LogP contribution in [0.5, 0.6) is 5.75 Å². The Kier molecular flexibility index (Phi) is 5.69. The predicted molar refractivity (Wildman–Crippen MR) is 81.5 cm³/mol. The van der Waals surface area contributed by atoms with Crippen LogP contribution < -0.4 is 10.1 Å². The summed E-state index contributed by atoms with van der Waals surface area (Å²) in [5.74, 6) is 1.02. The van der Waals surface area contributed by atoms with Gasteiger partial charge < -0.3 is 10.1 Å². The first-order valence-corrected chi connectivity index (χ1v) is 7.16. The van der Waals surface area contributed by atoms with Crippen molar-refractivity contribution in [3.63, 3.8) is 0 Å². The number of halogens is 1. The van der Waals surface area contributed by atoms with Gasteiger partial charge in [-0.05, 0) is 48.4 Å². The lowest BCUT2D eigenvalue weighted by Gasteiger charge is -2.13. The fourth-order valence-electron chi connectivity index (χ4n) is 1.96. The van der Waals surface area contributed by atoms with E-state index in [1.807, 2.05) is 12.1 Å². The first-order valence-electron chi connectivity index (χ1n) is 7.16. The second-order valence-electron chi connectivity index (χ2n) is 5.42. The molecule has 4 heteroatoms. The van der Waals surface area contributed by atoms with Crippen molar-refractivity contribution in [1.82, 2.24) is 10.3 Å². The number of hydrogen-bond donors (Lipinski definition) is 1. The van der Waals surface area contributed by atoms with Gasteiger partial charge >= 0.3 is 0 Å². The molecule has 3 nitrogen and oxygen atoms in total. The standard InChI is InChI=1S/C17H21FN2O/c1-13(2)10-20-11-15-9-16(18)3-4-17(15)21-12-14-5-7-19-8-6-14/h3-9,13,20H,10-12H2,1-2H3. The SMILES string of the molecule is CC(C)CNCc1cc(F)ccc1OCc1ccncc1. The third-order valence-electron chi connectivity index (χ3n) is 3.03. The van der Waals surface area contributed by atoms with Crippen molar-refractivity contribution in [2.45, 2.75) is 27.0 Å². The van der Waals surface area contributed by atoms with Crippen molar-refractivity contribution in [3.8, 4) is 5.75 Å². The molecule has 112 valence electrons. The van der Waals surface area contributed by atoms with Gasteiger partial charge in [0, 0.05) is 24.5 Å². The van der Waals surface area contributed by atoms with E-state index in [-0.39, 0.29) is 5.82 Å². The van der Waals surface area contributed by atoms with Crippen molar-refractivity contribution in [2.75, 3.05) is 6.54 Å². The number of rotatable bonds is 7. The van der Waals surface area contributed by atoms with E-state index >= 15 is 0 Å². The molecular weight excluding hydrogens is 267 g/mol. The summed E-state index contributed by atoms with van der Waals surface area (Å²) in [5.41, 5.74) is 1.88. The zero-order chi connectivity index (χ0) is 15.1. The molecule has 1 N–H and O–H groups in total. The summed E-state index contributed by atoms with van der Waals surface area (Å²) in [5, 5.41) is 3.31. The fourth-order valence-corrected chi connectivity index (χ4v) is 1.96. The van der Waals surface area contributed by atoms with Crippen LogP contribution in [0, 0.1) is 11.7 Å². The summed E-state index contributed by atoms with van der Waals surface area (Å²) < 4.78 is 19.2. The Morgan fingerprint density at radius 2 is 1.95 bits per heavy atom. The molecule has 0 bridgehead atoms. The van der Waals surface area contributed by atoms with Gasteiger partial charge in [-0.25, -0.2) is 4.39 Å². The van der Waals surface area contributed by atoms with E-state index in [0.717, 1.165) is 17.7 Å². The highest BCUT2D eigenvalue weighted by molar-refractivity contribution is 5.34. The average Bonchev–Trinajstić information content (AvgIpc) is 2.47. The average molecular weight is 288 g/mol. The first kappa shape index (κ1) is 15.4. The largest absolute Gasteiger partial charge is 0.489 e. The van der Waals surface area contributed by atoms with Gasteiger partial charge in [0.2, 0.25) is 0 Å². The minimum Gasteiger partial charge on any atom is -0.489 e. The van der Waals surface area contributed by atoms with E-state index in [4.69, 9.17) is 4.74 Å². The zero-order valence-corrected chi connectivity index (χ0v) is 12.5. The van der Waals surface area contributed by atoms with Crippen LogP contribution in [-0.2, 0) is 13.2 Å². The Morgan fingerprint density at radius 3 is 2.67 bits per heavy atom. The Labute approximate surface area is 125 Å². The number of benzene rings is 1. The van der Waals surface area contributed by atoms with Crippen LogP contribution in [0.2, 0.25) is 0 Å². The molecule has 0 saturated carbocycles. The van der Waals surface area contributed by atoms with Crippen LogP contribution in [0.1, 0.15) is 25.0 Å². The van der Waals surface area contributed by atoms with Gasteiger partial charge in [0.1, 0.15) is 18.2 Å². The Morgan fingerprint density at radius 1 is 1.19 bits per heavy atom. The van der Waals surface area contributed by atoms with Crippen molar-refractivity contribution >= 4 is 0 Å². The molecule has 0 aliphatic carbocycles. The zero-order valence-electron chi connectivity index (χ0n) is 12.5. The van der Waals surface area contributed by atoms with Gasteiger partial charge in [-0.1, -0.05) is 13.8 Å². The van der Waals surface area contributed by atoms with Crippen molar-refractivity contribution < 1.29 is 9.13 Å². The van der Waals surface area contributed by atoms with Crippen molar-refractivity contribution in [2.24, 2.45) is 5.92 Å². The normalized spacial score (nSPS) is 10.9. The van der Waals surface area contributed by atoms with Crippen LogP contribution in [-0.4, -0.2) is 11.5 Å². The highest BCUT2D eigenvalue weighted by Crippen LogP contribution is 2.21. The van der Waals surface area contributed by atoms with Crippen LogP contribution in [0.4, 0.5) is 4.39 Å². The highest BCUT2D eigenvalue weighted by Gasteiger charge is 2.06. The minimum absolute atomic E-state index is 0.243. The van der Waals surface area contributed by atoms with E-state index in [1.54, 1.807) is 18.5 Å². The van der Waals surface area contributed by atoms with Crippen molar-refractivity contribution in [1.29, 1.82) is 0 Å². The quantitative estimate of drug-likeness (QED) is 0.846. The lowest BCUT2D eigenvalue weighted by Crippen LogP contribution is -2.19. The van der Waals surface area contributed by atoms with E-state index < -0.39 is 0 Å². The topological polar surface area (TPSA) is 34.1 Å². The lowest BCUT2D eigenvalue weighted by molar-refractivity contribution is 0.301. The Bertz CT molecular complexity index is 558. The fraction of sp³-hybridized carbons (Fsp3) is 0.353. The van der Waals surface area contributed by atoms with E-state index in [2.05, 4.69) is 24.1 Å². The molecule has 0 atom stereocenters. The Hall–Kier alpha value is -1.94. The van der Waals surface area contributed by atoms with E-state index in [1.165, 1.54) is 12.1 Å². The lowest BCUT2D eigenvalue weighted by atomic mass is 10.1. The van der Waals surface area contributed by atoms with Crippen LogP contribution in [0.25, 0.3) is 0 Å². The van der Waals surface area contributed by atoms with Gasteiger partial charge in [0.05, 0.1) is 0 Å². The molecule has 1 aromatic carbocycles. The van der Waals surface area contributed by atoms with Gasteiger partial charge in [0.25, 0.3) is 0 Å². The third kappa shape index (κ3) is 5.16. The molecule has 0 radical (unpaired) electrons. The molecule has 0 spiro atoms. The van der Waals surface area contributed by atoms with Crippen LogP contribution >= 0.6 is 0 Å². The summed E-state index contributed by atoms with van der Waals surface area (Å²) in [6, 6.07) is 8.44. The van der Waals surface area contributed by atoms with Gasteiger partial charge in [-0.15, -0.1) is 0 Å². The van der Waals surface area contributed by atoms with Crippen molar-refractivity contribution in [3.05, 3.63) is 59.7 Å². The molecule has 2 rings (SSSR count). The van der Waals surface area contributed by atoms with Crippen LogP contribution in [0.3, 0.4) is 0 Å². The number of aromatic nitrogens is 1. The molecule has 0 fully saturated rings. The summed E-state index contributed by atoms with van der Waals surface area (Å²) in [6.07, 6.45) is 3.46. The molecule has 0 unspecified atom stereocenters. The maximum Gasteiger partial charge on any atom is 0.124 e.